The van der Waals surface area contributed by atoms with E-state index >= 15 is 0 Å². The van der Waals surface area contributed by atoms with Gasteiger partial charge in [-0.2, -0.15) is 13.2 Å². The summed E-state index contributed by atoms with van der Waals surface area (Å²) in [5.41, 5.74) is -0.386. The zero-order chi connectivity index (χ0) is 24.1. The number of nitrogens with zero attached hydrogens (tertiary/aromatic N) is 2. The first-order chi connectivity index (χ1) is 14.6. The van der Waals surface area contributed by atoms with Gasteiger partial charge >= 0.3 is 12.1 Å². The second-order valence-corrected chi connectivity index (χ2v) is 9.21. The lowest BCUT2D eigenvalue weighted by molar-refractivity contribution is -0.202. The van der Waals surface area contributed by atoms with Crippen LogP contribution in [-0.4, -0.2) is 95.8 Å². The third-order valence-electron chi connectivity index (χ3n) is 6.30. The Morgan fingerprint density at radius 1 is 1.12 bits per heavy atom. The van der Waals surface area contributed by atoms with Crippen molar-refractivity contribution >= 4 is 17.8 Å². The maximum absolute atomic E-state index is 12.9. The Labute approximate surface area is 181 Å². The number of nitrogens with one attached hydrogen (secondary N) is 1. The first-order valence-corrected chi connectivity index (χ1v) is 10.2. The first-order valence-electron chi connectivity index (χ1n) is 10.2. The van der Waals surface area contributed by atoms with Gasteiger partial charge in [0.25, 0.3) is 5.92 Å². The van der Waals surface area contributed by atoms with E-state index < -0.39 is 30.2 Å². The lowest BCUT2D eigenvalue weighted by atomic mass is 9.87. The largest absolute Gasteiger partial charge is 0.490 e. The molecule has 0 radical (unpaired) electrons. The number of rotatable bonds is 3. The number of halogens is 5. The average molecular weight is 471 g/mol. The van der Waals surface area contributed by atoms with Crippen molar-refractivity contribution in [2.45, 2.75) is 56.0 Å². The molecule has 4 rings (SSSR count). The smallest absolute Gasteiger partial charge is 0.475 e. The molecule has 0 aromatic carbocycles. The van der Waals surface area contributed by atoms with E-state index in [1.54, 1.807) is 0 Å². The topological polar surface area (TPSA) is 99.2 Å². The van der Waals surface area contributed by atoms with Gasteiger partial charge in [0, 0.05) is 31.3 Å². The number of carbonyl (C=O) groups is 3. The van der Waals surface area contributed by atoms with Gasteiger partial charge in [0.1, 0.15) is 11.6 Å². The van der Waals surface area contributed by atoms with Gasteiger partial charge in [-0.25, -0.2) is 13.6 Å². The van der Waals surface area contributed by atoms with Crippen molar-refractivity contribution in [3.05, 3.63) is 0 Å². The molecule has 13 heteroatoms. The molecule has 2 saturated carbocycles. The lowest BCUT2D eigenvalue weighted by Crippen LogP contribution is -2.73. The van der Waals surface area contributed by atoms with Gasteiger partial charge in [0.05, 0.1) is 19.7 Å². The van der Waals surface area contributed by atoms with Crippen molar-refractivity contribution in [3.63, 3.8) is 0 Å². The van der Waals surface area contributed by atoms with Crippen molar-refractivity contribution in [1.82, 2.24) is 15.1 Å². The molecule has 32 heavy (non-hydrogen) atoms. The number of amides is 2. The minimum Gasteiger partial charge on any atom is -0.475 e. The molecule has 0 aromatic rings. The fraction of sp³-hybridized carbons (Fsp3) is 0.842. The third-order valence-corrected chi connectivity index (χ3v) is 6.30. The average Bonchev–Trinajstić information content (AvgIpc) is 3.33. The Morgan fingerprint density at radius 3 is 2.06 bits per heavy atom. The molecule has 2 N–H and O–H groups in total. The van der Waals surface area contributed by atoms with E-state index in [-0.39, 0.29) is 42.8 Å². The Hall–Kier alpha value is -2.02. The van der Waals surface area contributed by atoms with E-state index in [9.17, 15) is 31.5 Å². The molecule has 182 valence electrons. The molecule has 2 aliphatic heterocycles. The molecule has 3 atom stereocenters. The summed E-state index contributed by atoms with van der Waals surface area (Å²) in [6.45, 7) is 4.03. The Morgan fingerprint density at radius 2 is 1.66 bits per heavy atom. The minimum atomic E-state index is -5.08. The first kappa shape index (κ1) is 24.6. The second kappa shape index (κ2) is 8.40. The highest BCUT2D eigenvalue weighted by Gasteiger charge is 2.54. The molecule has 4 aliphatic rings. The number of aliphatic carboxylic acids is 1. The highest BCUT2D eigenvalue weighted by molar-refractivity contribution is 5.83. The van der Waals surface area contributed by atoms with Gasteiger partial charge in [0.2, 0.25) is 11.8 Å². The van der Waals surface area contributed by atoms with E-state index in [4.69, 9.17) is 14.6 Å². The molecule has 4 fully saturated rings. The van der Waals surface area contributed by atoms with Crippen LogP contribution in [0, 0.1) is 11.8 Å². The molecule has 2 amide bonds. The summed E-state index contributed by atoms with van der Waals surface area (Å²) in [7, 11) is 1.84. The van der Waals surface area contributed by atoms with Crippen molar-refractivity contribution in [2.24, 2.45) is 11.8 Å². The van der Waals surface area contributed by atoms with Crippen molar-refractivity contribution in [3.8, 4) is 0 Å². The van der Waals surface area contributed by atoms with Crippen molar-refractivity contribution in [2.75, 3.05) is 33.3 Å². The molecule has 1 spiro atoms. The quantitative estimate of drug-likeness (QED) is 0.599. The number of hydrogen-bond acceptors (Lipinski definition) is 5. The molecule has 0 aromatic heterocycles. The summed E-state index contributed by atoms with van der Waals surface area (Å²) in [5.74, 6) is -4.76. The minimum absolute atomic E-state index is 0.179. The van der Waals surface area contributed by atoms with Gasteiger partial charge in [-0.3, -0.25) is 14.5 Å². The van der Waals surface area contributed by atoms with Gasteiger partial charge in [-0.15, -0.1) is 0 Å². The van der Waals surface area contributed by atoms with Crippen LogP contribution in [0.4, 0.5) is 22.0 Å². The number of morpholine rings is 1. The molecule has 2 saturated heterocycles. The molecule has 3 unspecified atom stereocenters. The highest BCUT2D eigenvalue weighted by Crippen LogP contribution is 2.42. The number of ether oxygens (including phenoxy) is 1. The molecule has 2 heterocycles. The van der Waals surface area contributed by atoms with Crippen LogP contribution in [0.5, 0.6) is 0 Å². The third kappa shape index (κ3) is 5.48. The second-order valence-electron chi connectivity index (χ2n) is 9.21. The van der Waals surface area contributed by atoms with Gasteiger partial charge in [0.15, 0.2) is 0 Å². The molecular formula is C19H26F5N3O5. The molecule has 2 aliphatic carbocycles. The Kier molecular flexibility index (Phi) is 6.46. The number of alkyl halides is 5. The summed E-state index contributed by atoms with van der Waals surface area (Å²) in [5, 5.41) is 9.81. The van der Waals surface area contributed by atoms with Crippen LogP contribution >= 0.6 is 0 Å². The summed E-state index contributed by atoms with van der Waals surface area (Å²) >= 11 is 0. The van der Waals surface area contributed by atoms with Crippen LogP contribution in [0.3, 0.4) is 0 Å². The van der Waals surface area contributed by atoms with Gasteiger partial charge < -0.3 is 20.1 Å². The fourth-order valence-corrected chi connectivity index (χ4v) is 4.23. The van der Waals surface area contributed by atoms with E-state index in [0.717, 1.165) is 6.42 Å². The van der Waals surface area contributed by atoms with Gasteiger partial charge in [-0.05, 0) is 19.4 Å². The normalized spacial score (nSPS) is 31.0. The van der Waals surface area contributed by atoms with Crippen LogP contribution in [0.25, 0.3) is 0 Å². The SMILES string of the molecule is CC1CC1C(=O)N1CC2(C1)CN(C)C(C(=O)NC1CC(F)(F)C1)CO2.O=C(O)C(F)(F)F. The highest BCUT2D eigenvalue weighted by atomic mass is 19.4. The number of hydrogen-bond donors (Lipinski definition) is 2. The van der Waals surface area contributed by atoms with Crippen LogP contribution < -0.4 is 5.32 Å². The number of likely N-dealkylation sites (N-methyl/N-ethyl adjacent to an activating group) is 1. The molecular weight excluding hydrogens is 445 g/mol. The molecule has 8 nitrogen and oxygen atoms in total. The predicted molar refractivity (Wildman–Crippen MR) is 98.8 cm³/mol. The van der Waals surface area contributed by atoms with Crippen LogP contribution in [0.15, 0.2) is 0 Å². The summed E-state index contributed by atoms with van der Waals surface area (Å²) in [4.78, 5) is 37.2. The zero-order valence-corrected chi connectivity index (χ0v) is 17.6. The molecule has 0 bridgehead atoms. The maximum atomic E-state index is 12.9. The van der Waals surface area contributed by atoms with E-state index in [1.807, 2.05) is 16.8 Å². The number of carbonyl (C=O) groups excluding carboxylic acids is 2. The predicted octanol–water partition coefficient (Wildman–Crippen LogP) is 1.10. The van der Waals surface area contributed by atoms with Gasteiger partial charge in [-0.1, -0.05) is 6.92 Å². The summed E-state index contributed by atoms with van der Waals surface area (Å²) in [6.07, 6.45) is -4.67. The van der Waals surface area contributed by atoms with Crippen LogP contribution in [-0.2, 0) is 19.1 Å². The summed E-state index contributed by atoms with van der Waals surface area (Å²) < 4.78 is 63.4. The van der Waals surface area contributed by atoms with Crippen LogP contribution in [0.1, 0.15) is 26.2 Å². The van der Waals surface area contributed by atoms with E-state index in [2.05, 4.69) is 12.2 Å². The van der Waals surface area contributed by atoms with E-state index in [1.165, 1.54) is 0 Å². The fourth-order valence-electron chi connectivity index (χ4n) is 4.23. The van der Waals surface area contributed by atoms with E-state index in [0.29, 0.717) is 25.6 Å². The maximum Gasteiger partial charge on any atom is 0.490 e. The Bertz CT molecular complexity index is 763. The Balaban J connectivity index is 0.000000360. The monoisotopic (exact) mass is 471 g/mol. The number of carboxylic acid groups (broad SMARTS) is 1. The van der Waals surface area contributed by atoms with Crippen LogP contribution in [0.2, 0.25) is 0 Å². The number of carboxylic acids is 1. The standard InChI is InChI=1S/C17H25F2N3O3.C2HF3O2/c1-10-3-12(10)15(24)22-8-16(9-22)7-21(2)13(6-25-16)14(23)20-11-4-17(18,19)5-11;3-2(4,5)1(6)7/h10-13H,3-9H2,1-2H3,(H,20,23);(H,6,7). The number of likely N-dealkylation sites (tertiary alicyclic amines) is 1. The van der Waals surface area contributed by atoms with Crippen molar-refractivity contribution in [1.29, 1.82) is 0 Å². The zero-order valence-electron chi connectivity index (χ0n) is 17.6. The summed E-state index contributed by atoms with van der Waals surface area (Å²) in [6, 6.07) is -0.905. The van der Waals surface area contributed by atoms with Crippen molar-refractivity contribution < 1.29 is 46.2 Å². The lowest BCUT2D eigenvalue weighted by Gasteiger charge is -2.55.